The fourth-order valence-electron chi connectivity index (χ4n) is 5.48. The van der Waals surface area contributed by atoms with Crippen LogP contribution in [-0.4, -0.2) is 4.57 Å². The van der Waals surface area contributed by atoms with Crippen molar-refractivity contribution in [3.05, 3.63) is 121 Å². The SMILES string of the molecule is c1ccc2c(c1)Sc1ccccc1N2c1ccc(-n2c3ccccc3c3ccc4ccsc4c32)cc1. The van der Waals surface area contributed by atoms with Crippen LogP contribution >= 0.6 is 23.1 Å². The number of nitrogens with zero attached hydrogens (tertiary/aromatic N) is 2. The van der Waals surface area contributed by atoms with Crippen molar-refractivity contribution < 1.29 is 0 Å². The van der Waals surface area contributed by atoms with Crippen LogP contribution in [0, 0.1) is 0 Å². The van der Waals surface area contributed by atoms with Crippen molar-refractivity contribution in [1.29, 1.82) is 0 Å². The van der Waals surface area contributed by atoms with E-state index in [1.165, 1.54) is 64.4 Å². The van der Waals surface area contributed by atoms with Gasteiger partial charge in [0.1, 0.15) is 0 Å². The first-order valence-corrected chi connectivity index (χ1v) is 13.7. The van der Waals surface area contributed by atoms with Gasteiger partial charge in [-0.25, -0.2) is 0 Å². The topological polar surface area (TPSA) is 8.17 Å². The Morgan fingerprint density at radius 3 is 1.97 bits per heavy atom. The smallest absolute Gasteiger partial charge is 0.0719 e. The Morgan fingerprint density at radius 1 is 0.528 bits per heavy atom. The molecule has 4 heteroatoms. The van der Waals surface area contributed by atoms with E-state index in [4.69, 9.17) is 0 Å². The average Bonchev–Trinajstić information content (AvgIpc) is 3.54. The lowest BCUT2D eigenvalue weighted by molar-refractivity contribution is 1.15. The zero-order valence-corrected chi connectivity index (χ0v) is 20.9. The van der Waals surface area contributed by atoms with Crippen molar-refractivity contribution in [1.82, 2.24) is 4.57 Å². The summed E-state index contributed by atoms with van der Waals surface area (Å²) in [5, 5.41) is 6.09. The van der Waals surface area contributed by atoms with Gasteiger partial charge in [0.25, 0.3) is 0 Å². The van der Waals surface area contributed by atoms with E-state index in [2.05, 4.69) is 130 Å². The summed E-state index contributed by atoms with van der Waals surface area (Å²) < 4.78 is 3.77. The molecule has 36 heavy (non-hydrogen) atoms. The highest BCUT2D eigenvalue weighted by Crippen LogP contribution is 2.51. The minimum absolute atomic E-state index is 1.17. The van der Waals surface area contributed by atoms with E-state index in [0.717, 1.165) is 0 Å². The lowest BCUT2D eigenvalue weighted by Gasteiger charge is -2.32. The maximum Gasteiger partial charge on any atom is 0.0719 e. The van der Waals surface area contributed by atoms with Gasteiger partial charge in [-0.1, -0.05) is 66.4 Å². The number of benzene rings is 5. The van der Waals surface area contributed by atoms with E-state index < -0.39 is 0 Å². The molecule has 3 heterocycles. The normalized spacial score (nSPS) is 12.8. The van der Waals surface area contributed by atoms with E-state index in [9.17, 15) is 0 Å². The molecule has 0 N–H and O–H groups in total. The number of rotatable bonds is 2. The fraction of sp³-hybridized carbons (Fsp3) is 0. The van der Waals surface area contributed by atoms with Crippen molar-refractivity contribution in [3.8, 4) is 5.69 Å². The highest BCUT2D eigenvalue weighted by Gasteiger charge is 2.24. The lowest BCUT2D eigenvalue weighted by Crippen LogP contribution is -2.14. The minimum Gasteiger partial charge on any atom is -0.308 e. The van der Waals surface area contributed by atoms with Crippen LogP contribution in [0.2, 0.25) is 0 Å². The maximum absolute atomic E-state index is 2.43. The lowest BCUT2D eigenvalue weighted by atomic mass is 10.1. The van der Waals surface area contributed by atoms with Gasteiger partial charge in [0, 0.05) is 31.9 Å². The molecule has 0 aliphatic carbocycles. The maximum atomic E-state index is 2.43. The summed E-state index contributed by atoms with van der Waals surface area (Å²) in [7, 11) is 0. The second-order valence-corrected chi connectivity index (χ2v) is 11.0. The van der Waals surface area contributed by atoms with E-state index in [-0.39, 0.29) is 0 Å². The van der Waals surface area contributed by atoms with Crippen molar-refractivity contribution in [2.24, 2.45) is 0 Å². The monoisotopic (exact) mass is 496 g/mol. The number of aromatic nitrogens is 1. The van der Waals surface area contributed by atoms with Gasteiger partial charge in [-0.05, 0) is 71.4 Å². The molecule has 0 bridgehead atoms. The van der Waals surface area contributed by atoms with Crippen molar-refractivity contribution >= 4 is 72.1 Å². The third-order valence-electron chi connectivity index (χ3n) is 7.05. The molecule has 0 unspecified atom stereocenters. The Kier molecular flexibility index (Phi) is 4.36. The molecule has 0 saturated heterocycles. The predicted molar refractivity (Wildman–Crippen MR) is 155 cm³/mol. The molecule has 5 aromatic carbocycles. The van der Waals surface area contributed by atoms with Crippen LogP contribution in [0.5, 0.6) is 0 Å². The molecule has 0 amide bonds. The molecule has 8 rings (SSSR count). The van der Waals surface area contributed by atoms with Crippen LogP contribution in [0.3, 0.4) is 0 Å². The van der Waals surface area contributed by atoms with Crippen LogP contribution < -0.4 is 4.90 Å². The fourth-order valence-corrected chi connectivity index (χ4v) is 7.47. The number of fused-ring (bicyclic) bond motifs is 7. The number of anilines is 3. The molecule has 0 saturated carbocycles. The van der Waals surface area contributed by atoms with Crippen molar-refractivity contribution in [3.63, 3.8) is 0 Å². The molecule has 170 valence electrons. The zero-order valence-electron chi connectivity index (χ0n) is 19.3. The van der Waals surface area contributed by atoms with Crippen LogP contribution in [-0.2, 0) is 0 Å². The molecule has 0 radical (unpaired) electrons. The largest absolute Gasteiger partial charge is 0.308 e. The van der Waals surface area contributed by atoms with E-state index in [1.54, 1.807) is 0 Å². The Labute approximate surface area is 217 Å². The number of thiophene rings is 1. The average molecular weight is 497 g/mol. The van der Waals surface area contributed by atoms with Gasteiger partial charge < -0.3 is 9.47 Å². The van der Waals surface area contributed by atoms with E-state index in [1.807, 2.05) is 23.1 Å². The van der Waals surface area contributed by atoms with E-state index >= 15 is 0 Å². The minimum atomic E-state index is 1.17. The first-order valence-electron chi connectivity index (χ1n) is 12.0. The van der Waals surface area contributed by atoms with Gasteiger partial charge in [0.2, 0.25) is 0 Å². The van der Waals surface area contributed by atoms with Crippen LogP contribution in [0.15, 0.2) is 130 Å². The Morgan fingerprint density at radius 2 is 1.19 bits per heavy atom. The molecule has 7 aromatic rings. The van der Waals surface area contributed by atoms with Crippen molar-refractivity contribution in [2.45, 2.75) is 9.79 Å². The Bertz CT molecular complexity index is 1880. The first kappa shape index (κ1) is 20.2. The van der Waals surface area contributed by atoms with Gasteiger partial charge in [-0.3, -0.25) is 0 Å². The third kappa shape index (κ3) is 2.86. The van der Waals surface area contributed by atoms with Gasteiger partial charge in [0.15, 0.2) is 0 Å². The van der Waals surface area contributed by atoms with Crippen LogP contribution in [0.25, 0.3) is 37.6 Å². The standard InChI is InChI=1S/C32H20N2S2/c1-2-8-26-24(7-1)25-18-13-21-19-20-35-32(21)31(25)34(26)23-16-14-22(15-17-23)33-27-9-3-5-11-29(27)36-30-12-6-4-10-28(30)33/h1-20H. The molecular weight excluding hydrogens is 477 g/mol. The number of para-hydroxylation sites is 3. The van der Waals surface area contributed by atoms with Gasteiger partial charge in [-0.2, -0.15) is 0 Å². The summed E-state index contributed by atoms with van der Waals surface area (Å²) in [6.07, 6.45) is 0. The van der Waals surface area contributed by atoms with Gasteiger partial charge in [-0.15, -0.1) is 11.3 Å². The molecule has 2 nitrogen and oxygen atoms in total. The molecule has 0 fully saturated rings. The summed E-state index contributed by atoms with van der Waals surface area (Å²) >= 11 is 3.66. The number of hydrogen-bond acceptors (Lipinski definition) is 3. The predicted octanol–water partition coefficient (Wildman–Crippen LogP) is 9.93. The molecule has 1 aliphatic heterocycles. The summed E-state index contributed by atoms with van der Waals surface area (Å²) in [6, 6.07) is 41.9. The molecular formula is C32H20N2S2. The molecule has 1 aliphatic rings. The van der Waals surface area contributed by atoms with Crippen LogP contribution in [0.4, 0.5) is 17.1 Å². The third-order valence-corrected chi connectivity index (χ3v) is 9.12. The molecule has 0 spiro atoms. The van der Waals surface area contributed by atoms with Crippen molar-refractivity contribution in [2.75, 3.05) is 4.90 Å². The molecule has 0 atom stereocenters. The van der Waals surface area contributed by atoms with E-state index in [0.29, 0.717) is 0 Å². The summed E-state index contributed by atoms with van der Waals surface area (Å²) in [5.41, 5.74) is 7.34. The second-order valence-electron chi connectivity index (χ2n) is 9.04. The van der Waals surface area contributed by atoms with Gasteiger partial charge >= 0.3 is 0 Å². The highest BCUT2D eigenvalue weighted by atomic mass is 32.2. The summed E-state index contributed by atoms with van der Waals surface area (Å²) in [4.78, 5) is 4.94. The number of hydrogen-bond donors (Lipinski definition) is 0. The van der Waals surface area contributed by atoms with Crippen LogP contribution in [0.1, 0.15) is 0 Å². The second kappa shape index (κ2) is 7.76. The zero-order chi connectivity index (χ0) is 23.6. The summed E-state index contributed by atoms with van der Waals surface area (Å²) in [6.45, 7) is 0. The van der Waals surface area contributed by atoms with Gasteiger partial charge in [0.05, 0.1) is 27.1 Å². The molecule has 2 aromatic heterocycles. The Balaban J connectivity index is 1.34. The first-order chi connectivity index (χ1) is 17.9. The highest BCUT2D eigenvalue weighted by molar-refractivity contribution is 7.99. The summed E-state index contributed by atoms with van der Waals surface area (Å²) in [5.74, 6) is 0. The quantitative estimate of drug-likeness (QED) is 0.235. The Hall–Kier alpha value is -3.99.